The number of aromatic nitrogens is 2. The maximum Gasteiger partial charge on any atom is 0.255 e. The Morgan fingerprint density at radius 2 is 2.03 bits per heavy atom. The lowest BCUT2D eigenvalue weighted by molar-refractivity contribution is 0.0558. The Kier molecular flexibility index (Phi) is 6.78. The van der Waals surface area contributed by atoms with Crippen LogP contribution in [0.5, 0.6) is 5.75 Å². The van der Waals surface area contributed by atoms with Gasteiger partial charge in [-0.25, -0.2) is 9.07 Å². The number of carbonyl (C=O) groups is 2. The number of primary amides is 1. The smallest absolute Gasteiger partial charge is 0.255 e. The summed E-state index contributed by atoms with van der Waals surface area (Å²) < 4.78 is 25.8. The second-order valence-electron chi connectivity index (χ2n) is 8.01. The van der Waals surface area contributed by atoms with Gasteiger partial charge in [0.05, 0.1) is 25.3 Å². The summed E-state index contributed by atoms with van der Waals surface area (Å²) in [7, 11) is 1.42. The highest BCUT2D eigenvalue weighted by Crippen LogP contribution is 2.31. The van der Waals surface area contributed by atoms with E-state index in [1.54, 1.807) is 28.9 Å². The maximum atomic E-state index is 13.6. The number of anilines is 1. The minimum atomic E-state index is -0.657. The molecule has 0 spiro atoms. The Labute approximate surface area is 195 Å². The monoisotopic (exact) mass is 467 g/mol. The molecule has 2 aromatic carbocycles. The quantitative estimate of drug-likeness (QED) is 0.489. The van der Waals surface area contributed by atoms with Crippen LogP contribution in [0.2, 0.25) is 0 Å². The number of nitrogens with one attached hydrogen (secondary N) is 1. The molecule has 1 atom stereocenters. The molecule has 5 N–H and O–H groups in total. The molecule has 9 nitrogen and oxygen atoms in total. The molecule has 4 rings (SSSR count). The van der Waals surface area contributed by atoms with Crippen molar-refractivity contribution in [2.75, 3.05) is 26.1 Å². The number of benzene rings is 2. The van der Waals surface area contributed by atoms with E-state index < -0.39 is 17.6 Å². The fourth-order valence-corrected chi connectivity index (χ4v) is 4.00. The number of nitrogens with zero attached hydrogens (tertiary/aromatic N) is 2. The highest BCUT2D eigenvalue weighted by Gasteiger charge is 2.26. The Morgan fingerprint density at radius 3 is 2.68 bits per heavy atom. The summed E-state index contributed by atoms with van der Waals surface area (Å²) in [5, 5.41) is 7.34. The van der Waals surface area contributed by atoms with E-state index in [4.69, 9.17) is 20.9 Å². The Morgan fingerprint density at radius 1 is 1.26 bits per heavy atom. The molecule has 0 bridgehead atoms. The van der Waals surface area contributed by atoms with Crippen molar-refractivity contribution in [3.8, 4) is 17.0 Å². The summed E-state index contributed by atoms with van der Waals surface area (Å²) in [6, 6.07) is 10.8. The third kappa shape index (κ3) is 4.72. The maximum absolute atomic E-state index is 13.6. The highest BCUT2D eigenvalue weighted by molar-refractivity contribution is 6.03. The SMILES string of the molecule is COc1ccc(F)cc1C(=O)NCc1ccc(-c2nn([C@@H]3CCCOC3)c(N)c2C(N)=O)cc1. The van der Waals surface area contributed by atoms with Crippen LogP contribution in [-0.2, 0) is 11.3 Å². The standard InChI is InChI=1S/C24H26FN5O4/c1-33-19-9-8-16(25)11-18(19)24(32)28-12-14-4-6-15(7-5-14)21-20(23(27)31)22(26)30(29-21)17-3-2-10-34-13-17/h4-9,11,17H,2-3,10,12-13,26H2,1H3,(H2,27,31)(H,28,32)/t17-/m1/s1. The number of ether oxygens (including phenoxy) is 2. The number of carbonyl (C=O) groups excluding carboxylic acids is 2. The van der Waals surface area contributed by atoms with Gasteiger partial charge >= 0.3 is 0 Å². The first-order chi connectivity index (χ1) is 16.4. The molecule has 1 saturated heterocycles. The van der Waals surface area contributed by atoms with Gasteiger partial charge in [-0.1, -0.05) is 24.3 Å². The molecule has 10 heteroatoms. The fourth-order valence-electron chi connectivity index (χ4n) is 4.00. The molecule has 1 aliphatic heterocycles. The van der Waals surface area contributed by atoms with Crippen LogP contribution >= 0.6 is 0 Å². The second-order valence-corrected chi connectivity index (χ2v) is 8.01. The highest BCUT2D eigenvalue weighted by atomic mass is 19.1. The molecular weight excluding hydrogens is 441 g/mol. The van der Waals surface area contributed by atoms with Gasteiger partial charge in [-0.15, -0.1) is 0 Å². The van der Waals surface area contributed by atoms with Crippen LogP contribution in [0.25, 0.3) is 11.3 Å². The first kappa shape index (κ1) is 23.2. The van der Waals surface area contributed by atoms with Crippen molar-refractivity contribution in [3.05, 3.63) is 65.0 Å². The van der Waals surface area contributed by atoms with Crippen molar-refractivity contribution in [1.29, 1.82) is 0 Å². The minimum Gasteiger partial charge on any atom is -0.496 e. The number of nitrogens with two attached hydrogens (primary N) is 2. The van der Waals surface area contributed by atoms with Crippen molar-refractivity contribution in [2.24, 2.45) is 5.73 Å². The van der Waals surface area contributed by atoms with Gasteiger partial charge in [-0.05, 0) is 36.6 Å². The summed E-state index contributed by atoms with van der Waals surface area (Å²) in [6.45, 7) is 1.37. The van der Waals surface area contributed by atoms with Crippen LogP contribution in [0.15, 0.2) is 42.5 Å². The van der Waals surface area contributed by atoms with Gasteiger partial charge in [0.15, 0.2) is 0 Å². The topological polar surface area (TPSA) is 134 Å². The summed E-state index contributed by atoms with van der Waals surface area (Å²) >= 11 is 0. The Balaban J connectivity index is 1.52. The number of nitrogen functional groups attached to an aromatic ring is 1. The average Bonchev–Trinajstić information content (AvgIpc) is 3.20. The van der Waals surface area contributed by atoms with Crippen LogP contribution in [0.1, 0.15) is 45.2 Å². The van der Waals surface area contributed by atoms with Crippen molar-refractivity contribution >= 4 is 17.6 Å². The summed E-state index contributed by atoms with van der Waals surface area (Å²) in [4.78, 5) is 24.6. The molecule has 0 radical (unpaired) electrons. The van der Waals surface area contributed by atoms with Crippen LogP contribution in [-0.4, -0.2) is 41.9 Å². The minimum absolute atomic E-state index is 0.0603. The van der Waals surface area contributed by atoms with E-state index in [0.29, 0.717) is 24.5 Å². The molecule has 2 heterocycles. The summed E-state index contributed by atoms with van der Waals surface area (Å²) in [5.41, 5.74) is 14.0. The lowest BCUT2D eigenvalue weighted by Gasteiger charge is -2.23. The third-order valence-electron chi connectivity index (χ3n) is 5.76. The van der Waals surface area contributed by atoms with E-state index in [1.807, 2.05) is 0 Å². The van der Waals surface area contributed by atoms with Gasteiger partial charge in [-0.2, -0.15) is 5.10 Å². The predicted octanol–water partition coefficient (Wildman–Crippen LogP) is 2.66. The Bertz CT molecular complexity index is 1200. The lowest BCUT2D eigenvalue weighted by Crippen LogP contribution is -2.24. The van der Waals surface area contributed by atoms with Gasteiger partial charge in [0, 0.05) is 18.7 Å². The van der Waals surface area contributed by atoms with Crippen molar-refractivity contribution < 1.29 is 23.5 Å². The van der Waals surface area contributed by atoms with Gasteiger partial charge in [-0.3, -0.25) is 9.59 Å². The number of methoxy groups -OCH3 is 1. The van der Waals surface area contributed by atoms with Gasteiger partial charge < -0.3 is 26.3 Å². The molecule has 0 saturated carbocycles. The molecule has 1 aromatic heterocycles. The molecule has 34 heavy (non-hydrogen) atoms. The number of hydrogen-bond donors (Lipinski definition) is 3. The summed E-state index contributed by atoms with van der Waals surface area (Å²) in [6.07, 6.45) is 1.73. The van der Waals surface area contributed by atoms with E-state index >= 15 is 0 Å². The number of halogens is 1. The van der Waals surface area contributed by atoms with E-state index in [-0.39, 0.29) is 35.3 Å². The van der Waals surface area contributed by atoms with E-state index in [1.165, 1.54) is 19.2 Å². The zero-order valence-corrected chi connectivity index (χ0v) is 18.7. The number of hydrogen-bond acceptors (Lipinski definition) is 6. The first-order valence-corrected chi connectivity index (χ1v) is 10.9. The molecule has 3 aromatic rings. The molecule has 1 aliphatic rings. The Hall–Kier alpha value is -3.92. The number of amides is 2. The normalized spacial score (nSPS) is 15.6. The molecule has 2 amide bonds. The predicted molar refractivity (Wildman–Crippen MR) is 124 cm³/mol. The summed E-state index contributed by atoms with van der Waals surface area (Å²) in [5.74, 6) is -1.14. The molecule has 178 valence electrons. The van der Waals surface area contributed by atoms with Crippen molar-refractivity contribution in [2.45, 2.75) is 25.4 Å². The van der Waals surface area contributed by atoms with Gasteiger partial charge in [0.25, 0.3) is 11.8 Å². The fraction of sp³-hybridized carbons (Fsp3) is 0.292. The van der Waals surface area contributed by atoms with E-state index in [9.17, 15) is 14.0 Å². The molecule has 0 aliphatic carbocycles. The second kappa shape index (κ2) is 9.92. The van der Waals surface area contributed by atoms with Crippen LogP contribution in [0, 0.1) is 5.82 Å². The van der Waals surface area contributed by atoms with Crippen LogP contribution < -0.4 is 21.5 Å². The zero-order chi connectivity index (χ0) is 24.2. The average molecular weight is 468 g/mol. The van der Waals surface area contributed by atoms with Crippen LogP contribution in [0.3, 0.4) is 0 Å². The van der Waals surface area contributed by atoms with Gasteiger partial charge in [0.1, 0.15) is 28.6 Å². The third-order valence-corrected chi connectivity index (χ3v) is 5.76. The first-order valence-electron chi connectivity index (χ1n) is 10.9. The molecule has 1 fully saturated rings. The molecular formula is C24H26FN5O4. The van der Waals surface area contributed by atoms with Crippen molar-refractivity contribution in [3.63, 3.8) is 0 Å². The van der Waals surface area contributed by atoms with Crippen LogP contribution in [0.4, 0.5) is 10.2 Å². The van der Waals surface area contributed by atoms with E-state index in [0.717, 1.165) is 24.5 Å². The largest absolute Gasteiger partial charge is 0.496 e. The zero-order valence-electron chi connectivity index (χ0n) is 18.7. The van der Waals surface area contributed by atoms with Crippen molar-refractivity contribution in [1.82, 2.24) is 15.1 Å². The molecule has 0 unspecified atom stereocenters. The lowest BCUT2D eigenvalue weighted by atomic mass is 10.0. The van der Waals surface area contributed by atoms with E-state index in [2.05, 4.69) is 10.4 Å². The van der Waals surface area contributed by atoms with Gasteiger partial charge in [0.2, 0.25) is 0 Å². The number of rotatable bonds is 7.